The fourth-order valence-electron chi connectivity index (χ4n) is 2.28. The van der Waals surface area contributed by atoms with Crippen molar-refractivity contribution in [2.24, 2.45) is 5.92 Å². The second-order valence-corrected chi connectivity index (χ2v) is 6.91. The Bertz CT molecular complexity index is 438. The van der Waals surface area contributed by atoms with E-state index in [1.807, 2.05) is 0 Å². The first-order chi connectivity index (χ1) is 8.92. The minimum atomic E-state index is -3.58. The predicted molar refractivity (Wildman–Crippen MR) is 67.4 cm³/mol. The first-order valence-corrected chi connectivity index (χ1v) is 7.84. The molecule has 2 rings (SSSR count). The molecular formula is C11H20N2O5S. The van der Waals surface area contributed by atoms with Crippen LogP contribution in [-0.4, -0.2) is 56.1 Å². The zero-order chi connectivity index (χ0) is 14.1. The highest BCUT2D eigenvalue weighted by Crippen LogP contribution is 2.36. The van der Waals surface area contributed by atoms with Crippen molar-refractivity contribution in [3.8, 4) is 0 Å². The van der Waals surface area contributed by atoms with Gasteiger partial charge in [0.25, 0.3) is 10.2 Å². The maximum atomic E-state index is 12.1. The normalized spacial score (nSPS) is 24.1. The number of rotatable bonds is 5. The lowest BCUT2D eigenvalue weighted by Gasteiger charge is -2.31. The second kappa shape index (κ2) is 5.35. The van der Waals surface area contributed by atoms with Crippen LogP contribution in [-0.2, 0) is 19.7 Å². The molecule has 0 aromatic rings. The summed E-state index contributed by atoms with van der Waals surface area (Å²) in [6.45, 7) is 0.429. The summed E-state index contributed by atoms with van der Waals surface area (Å²) in [7, 11) is -2.24. The summed E-state index contributed by atoms with van der Waals surface area (Å²) >= 11 is 0. The van der Waals surface area contributed by atoms with Crippen molar-refractivity contribution in [1.82, 2.24) is 9.03 Å². The average molecular weight is 292 g/mol. The van der Waals surface area contributed by atoms with Gasteiger partial charge >= 0.3 is 5.97 Å². The number of nitrogens with one attached hydrogen (secondary N) is 1. The molecule has 1 aliphatic carbocycles. The number of aliphatic hydroxyl groups excluding tert-OH is 1. The molecule has 2 aliphatic rings. The molecule has 19 heavy (non-hydrogen) atoms. The summed E-state index contributed by atoms with van der Waals surface area (Å²) in [5, 5.41) is 9.16. The molecule has 0 aromatic heterocycles. The van der Waals surface area contributed by atoms with Crippen LogP contribution in [0.4, 0.5) is 0 Å². The molecule has 2 N–H and O–H groups in total. The number of ether oxygens (including phenoxy) is 1. The molecule has 0 bridgehead atoms. The van der Waals surface area contributed by atoms with Crippen LogP contribution in [0.1, 0.15) is 25.7 Å². The second-order valence-electron chi connectivity index (χ2n) is 5.24. The molecule has 1 aliphatic heterocycles. The number of carbonyl (C=O) groups excluding carboxylic acids is 1. The molecule has 0 unspecified atom stereocenters. The number of carbonyl (C=O) groups is 1. The molecule has 7 nitrogen and oxygen atoms in total. The number of hydrogen-bond acceptors (Lipinski definition) is 5. The van der Waals surface area contributed by atoms with Crippen molar-refractivity contribution in [2.45, 2.75) is 31.2 Å². The van der Waals surface area contributed by atoms with Gasteiger partial charge in [-0.05, 0) is 25.7 Å². The van der Waals surface area contributed by atoms with Crippen molar-refractivity contribution in [3.05, 3.63) is 0 Å². The average Bonchev–Trinajstić information content (AvgIpc) is 3.17. The van der Waals surface area contributed by atoms with Gasteiger partial charge in [-0.15, -0.1) is 0 Å². The SMILES string of the molecule is COC(=O)C1CCN(S(=O)(=O)NC2(CO)CC2)CC1. The molecule has 8 heteroatoms. The summed E-state index contributed by atoms with van der Waals surface area (Å²) in [6.07, 6.45) is 2.28. The van der Waals surface area contributed by atoms with Gasteiger partial charge < -0.3 is 9.84 Å². The Balaban J connectivity index is 1.91. The maximum Gasteiger partial charge on any atom is 0.308 e. The van der Waals surface area contributed by atoms with E-state index in [-0.39, 0.29) is 18.5 Å². The molecule has 110 valence electrons. The number of methoxy groups -OCH3 is 1. The summed E-state index contributed by atoms with van der Waals surface area (Å²) in [4.78, 5) is 11.4. The third-order valence-electron chi connectivity index (χ3n) is 3.83. The Morgan fingerprint density at radius 1 is 1.42 bits per heavy atom. The number of piperidine rings is 1. The van der Waals surface area contributed by atoms with E-state index in [0.29, 0.717) is 38.8 Å². The van der Waals surface area contributed by atoms with Crippen LogP contribution in [0, 0.1) is 5.92 Å². The van der Waals surface area contributed by atoms with E-state index in [0.717, 1.165) is 0 Å². The van der Waals surface area contributed by atoms with E-state index in [2.05, 4.69) is 9.46 Å². The summed E-state index contributed by atoms with van der Waals surface area (Å²) in [6, 6.07) is 0. The Kier molecular flexibility index (Phi) is 4.14. The molecule has 0 atom stereocenters. The minimum absolute atomic E-state index is 0.176. The van der Waals surface area contributed by atoms with Crippen LogP contribution in [0.2, 0.25) is 0 Å². The standard InChI is InChI=1S/C11H20N2O5S/c1-18-10(15)9-2-6-13(7-3-9)19(16,17)12-11(8-14)4-5-11/h9,12,14H,2-8H2,1H3. The molecule has 0 spiro atoms. The van der Waals surface area contributed by atoms with Crippen molar-refractivity contribution >= 4 is 16.2 Å². The minimum Gasteiger partial charge on any atom is -0.469 e. The lowest BCUT2D eigenvalue weighted by atomic mass is 9.99. The van der Waals surface area contributed by atoms with Crippen molar-refractivity contribution in [3.63, 3.8) is 0 Å². The Hall–Kier alpha value is -0.700. The highest BCUT2D eigenvalue weighted by atomic mass is 32.2. The van der Waals surface area contributed by atoms with E-state index in [4.69, 9.17) is 5.11 Å². The molecule has 2 fully saturated rings. The predicted octanol–water partition coefficient (Wildman–Crippen LogP) is -0.769. The van der Waals surface area contributed by atoms with Crippen molar-refractivity contribution < 1.29 is 23.1 Å². The van der Waals surface area contributed by atoms with E-state index in [9.17, 15) is 13.2 Å². The van der Waals surface area contributed by atoms with Gasteiger partial charge in [0.2, 0.25) is 0 Å². The van der Waals surface area contributed by atoms with Gasteiger partial charge in [-0.25, -0.2) is 0 Å². The third kappa shape index (κ3) is 3.25. The molecule has 1 saturated carbocycles. The quantitative estimate of drug-likeness (QED) is 0.649. The van der Waals surface area contributed by atoms with Crippen LogP contribution in [0.3, 0.4) is 0 Å². The first kappa shape index (κ1) is 14.7. The third-order valence-corrected chi connectivity index (χ3v) is 5.57. The molecule has 0 radical (unpaired) electrons. The first-order valence-electron chi connectivity index (χ1n) is 6.40. The van der Waals surface area contributed by atoms with Crippen LogP contribution in [0.25, 0.3) is 0 Å². The van der Waals surface area contributed by atoms with E-state index in [1.165, 1.54) is 11.4 Å². The summed E-state index contributed by atoms with van der Waals surface area (Å²) < 4.78 is 32.8. The smallest absolute Gasteiger partial charge is 0.308 e. The number of hydrogen-bond donors (Lipinski definition) is 2. The van der Waals surface area contributed by atoms with Gasteiger partial charge in [0, 0.05) is 13.1 Å². The van der Waals surface area contributed by atoms with Crippen molar-refractivity contribution in [2.75, 3.05) is 26.8 Å². The largest absolute Gasteiger partial charge is 0.469 e. The van der Waals surface area contributed by atoms with Crippen LogP contribution in [0.15, 0.2) is 0 Å². The van der Waals surface area contributed by atoms with Gasteiger partial charge in [-0.3, -0.25) is 4.79 Å². The lowest BCUT2D eigenvalue weighted by molar-refractivity contribution is -0.146. The van der Waals surface area contributed by atoms with Crippen molar-refractivity contribution in [1.29, 1.82) is 0 Å². The molecule has 1 saturated heterocycles. The van der Waals surface area contributed by atoms with E-state index < -0.39 is 15.7 Å². The van der Waals surface area contributed by atoms with Crippen LogP contribution >= 0.6 is 0 Å². The summed E-state index contributed by atoms with van der Waals surface area (Å²) in [5.74, 6) is -0.497. The molecule has 0 amide bonds. The maximum absolute atomic E-state index is 12.1. The fraction of sp³-hybridized carbons (Fsp3) is 0.909. The van der Waals surface area contributed by atoms with Gasteiger partial charge in [-0.2, -0.15) is 17.4 Å². The number of aliphatic hydroxyl groups is 1. The zero-order valence-corrected chi connectivity index (χ0v) is 11.8. The van der Waals surface area contributed by atoms with Gasteiger partial charge in [0.05, 0.1) is 25.2 Å². The molecule has 1 heterocycles. The fourth-order valence-corrected chi connectivity index (χ4v) is 3.92. The van der Waals surface area contributed by atoms with E-state index in [1.54, 1.807) is 0 Å². The Morgan fingerprint density at radius 2 is 2.00 bits per heavy atom. The monoisotopic (exact) mass is 292 g/mol. The molecular weight excluding hydrogens is 272 g/mol. The number of esters is 1. The highest BCUT2D eigenvalue weighted by molar-refractivity contribution is 7.87. The number of nitrogens with zero attached hydrogens (tertiary/aromatic N) is 1. The zero-order valence-electron chi connectivity index (χ0n) is 11.0. The highest BCUT2D eigenvalue weighted by Gasteiger charge is 2.47. The Labute approximate surface area is 113 Å². The van der Waals surface area contributed by atoms with Gasteiger partial charge in [0.1, 0.15) is 0 Å². The topological polar surface area (TPSA) is 95.9 Å². The summed E-state index contributed by atoms with van der Waals surface area (Å²) in [5.41, 5.74) is -0.655. The van der Waals surface area contributed by atoms with Gasteiger partial charge in [0.15, 0.2) is 0 Å². The van der Waals surface area contributed by atoms with Crippen LogP contribution < -0.4 is 4.72 Å². The molecule has 0 aromatic carbocycles. The van der Waals surface area contributed by atoms with Gasteiger partial charge in [-0.1, -0.05) is 0 Å². The van der Waals surface area contributed by atoms with Crippen LogP contribution in [0.5, 0.6) is 0 Å². The van der Waals surface area contributed by atoms with E-state index >= 15 is 0 Å². The lowest BCUT2D eigenvalue weighted by Crippen LogP contribution is -2.50. The Morgan fingerprint density at radius 3 is 2.42 bits per heavy atom.